The fourth-order valence-corrected chi connectivity index (χ4v) is 3.51. The Morgan fingerprint density at radius 2 is 2.05 bits per heavy atom. The second-order valence-corrected chi connectivity index (χ2v) is 6.93. The fraction of sp³-hybridized carbons (Fsp3) is 0.812. The molecule has 5 atom stereocenters. The minimum Gasteiger partial charge on any atom is -0.459 e. The highest BCUT2D eigenvalue weighted by atomic mass is 16.6. The summed E-state index contributed by atoms with van der Waals surface area (Å²) >= 11 is 0. The van der Waals surface area contributed by atoms with Gasteiger partial charge in [0.15, 0.2) is 0 Å². The van der Waals surface area contributed by atoms with Crippen molar-refractivity contribution >= 4 is 5.97 Å². The van der Waals surface area contributed by atoms with Crippen LogP contribution in [0.2, 0.25) is 0 Å². The molecule has 0 unspecified atom stereocenters. The van der Waals surface area contributed by atoms with Gasteiger partial charge in [-0.2, -0.15) is 0 Å². The number of fused-ring (bicyclic) bond motifs is 1. The summed E-state index contributed by atoms with van der Waals surface area (Å²) in [5.74, 6) is 0.763. The standard InChI is InChI=1S/C16H26O3/c1-10-9-14-16(6,19-14)13(15(10,4)5)8-7-11(2)18-12(3)17/h7-8,10-11,13-14H,9H2,1-6H3/t10-,11-,13+,14-,16+/m0/s1. The molecule has 0 spiro atoms. The van der Waals surface area contributed by atoms with Crippen LogP contribution in [0.25, 0.3) is 0 Å². The SMILES string of the molecule is CC(=O)O[C@@H](C)C=C[C@@H]1C(C)(C)[C@@H](C)C[C@@H]2O[C@@]21C. The third kappa shape index (κ3) is 2.58. The molecule has 3 heteroatoms. The van der Waals surface area contributed by atoms with Gasteiger partial charge in [-0.1, -0.05) is 26.8 Å². The number of carbonyl (C=O) groups excluding carboxylic acids is 1. The Hall–Kier alpha value is -0.830. The highest BCUT2D eigenvalue weighted by Gasteiger charge is 2.65. The Bertz CT molecular complexity index is 399. The summed E-state index contributed by atoms with van der Waals surface area (Å²) in [6.45, 7) is 12.5. The van der Waals surface area contributed by atoms with E-state index < -0.39 is 0 Å². The van der Waals surface area contributed by atoms with E-state index in [1.54, 1.807) is 0 Å². The van der Waals surface area contributed by atoms with Gasteiger partial charge < -0.3 is 9.47 Å². The summed E-state index contributed by atoms with van der Waals surface area (Å²) in [6.07, 6.45) is 5.56. The lowest BCUT2D eigenvalue weighted by atomic mass is 9.59. The molecular formula is C16H26O3. The number of carbonyl (C=O) groups is 1. The second-order valence-electron chi connectivity index (χ2n) is 6.93. The van der Waals surface area contributed by atoms with Crippen molar-refractivity contribution in [2.24, 2.45) is 17.3 Å². The van der Waals surface area contributed by atoms with Crippen molar-refractivity contribution in [3.63, 3.8) is 0 Å². The molecule has 1 aliphatic carbocycles. The Kier molecular flexibility index (Phi) is 3.54. The third-order valence-electron chi connectivity index (χ3n) is 5.16. The molecule has 0 aromatic rings. The Labute approximate surface area is 116 Å². The van der Waals surface area contributed by atoms with Gasteiger partial charge in [0.1, 0.15) is 6.10 Å². The molecule has 19 heavy (non-hydrogen) atoms. The van der Waals surface area contributed by atoms with E-state index in [-0.39, 0.29) is 23.1 Å². The molecule has 3 nitrogen and oxygen atoms in total. The first kappa shape index (κ1) is 14.6. The molecule has 0 aromatic carbocycles. The molecule has 0 bridgehead atoms. The van der Waals surface area contributed by atoms with Crippen LogP contribution in [-0.2, 0) is 14.3 Å². The average Bonchev–Trinajstić information content (AvgIpc) is 2.87. The van der Waals surface area contributed by atoms with Gasteiger partial charge in [0.25, 0.3) is 0 Å². The van der Waals surface area contributed by atoms with Crippen LogP contribution >= 0.6 is 0 Å². The summed E-state index contributed by atoms with van der Waals surface area (Å²) in [5, 5.41) is 0. The average molecular weight is 266 g/mol. The van der Waals surface area contributed by atoms with Crippen LogP contribution in [0.3, 0.4) is 0 Å². The molecule has 2 aliphatic rings. The third-order valence-corrected chi connectivity index (χ3v) is 5.16. The van der Waals surface area contributed by atoms with E-state index in [0.717, 1.165) is 6.42 Å². The van der Waals surface area contributed by atoms with Crippen molar-refractivity contribution in [1.82, 2.24) is 0 Å². The molecule has 108 valence electrons. The van der Waals surface area contributed by atoms with Gasteiger partial charge in [0.05, 0.1) is 11.7 Å². The van der Waals surface area contributed by atoms with Crippen molar-refractivity contribution < 1.29 is 14.3 Å². The number of ether oxygens (including phenoxy) is 2. The van der Waals surface area contributed by atoms with E-state index in [0.29, 0.717) is 17.9 Å². The van der Waals surface area contributed by atoms with E-state index in [1.165, 1.54) is 6.92 Å². The summed E-state index contributed by atoms with van der Waals surface area (Å²) < 4.78 is 11.1. The van der Waals surface area contributed by atoms with E-state index in [9.17, 15) is 4.79 Å². The molecular weight excluding hydrogens is 240 g/mol. The highest BCUT2D eigenvalue weighted by molar-refractivity contribution is 5.66. The Morgan fingerprint density at radius 1 is 1.42 bits per heavy atom. The lowest BCUT2D eigenvalue weighted by Gasteiger charge is -2.43. The Morgan fingerprint density at radius 3 is 2.63 bits per heavy atom. The van der Waals surface area contributed by atoms with Crippen LogP contribution in [0, 0.1) is 17.3 Å². The van der Waals surface area contributed by atoms with Gasteiger partial charge in [-0.25, -0.2) is 0 Å². The maximum Gasteiger partial charge on any atom is 0.303 e. The number of rotatable bonds is 3. The van der Waals surface area contributed by atoms with E-state index in [1.807, 2.05) is 13.0 Å². The van der Waals surface area contributed by atoms with Crippen molar-refractivity contribution in [1.29, 1.82) is 0 Å². The monoisotopic (exact) mass is 266 g/mol. The molecule has 0 aromatic heterocycles. The van der Waals surface area contributed by atoms with Gasteiger partial charge in [-0.3, -0.25) is 4.79 Å². The van der Waals surface area contributed by atoms with Crippen molar-refractivity contribution in [3.05, 3.63) is 12.2 Å². The quantitative estimate of drug-likeness (QED) is 0.447. The minimum atomic E-state index is -0.236. The van der Waals surface area contributed by atoms with E-state index in [4.69, 9.17) is 9.47 Å². The molecule has 1 saturated carbocycles. The summed E-state index contributed by atoms with van der Waals surface area (Å²) in [4.78, 5) is 10.9. The summed E-state index contributed by atoms with van der Waals surface area (Å²) in [6, 6.07) is 0. The first-order valence-corrected chi connectivity index (χ1v) is 7.21. The molecule has 2 rings (SSSR count). The largest absolute Gasteiger partial charge is 0.459 e. The molecule has 2 fully saturated rings. The maximum absolute atomic E-state index is 10.9. The van der Waals surface area contributed by atoms with Gasteiger partial charge in [-0.15, -0.1) is 0 Å². The van der Waals surface area contributed by atoms with Crippen LogP contribution in [0.1, 0.15) is 48.0 Å². The zero-order valence-electron chi connectivity index (χ0n) is 12.9. The molecule has 0 amide bonds. The fourth-order valence-electron chi connectivity index (χ4n) is 3.51. The highest BCUT2D eigenvalue weighted by Crippen LogP contribution is 2.60. The smallest absolute Gasteiger partial charge is 0.303 e. The first-order valence-electron chi connectivity index (χ1n) is 7.21. The zero-order chi connectivity index (χ0) is 14.4. The van der Waals surface area contributed by atoms with Crippen LogP contribution in [0.5, 0.6) is 0 Å². The van der Waals surface area contributed by atoms with E-state index >= 15 is 0 Å². The maximum atomic E-state index is 10.9. The first-order chi connectivity index (χ1) is 8.68. The number of epoxide rings is 1. The van der Waals surface area contributed by atoms with E-state index in [2.05, 4.69) is 33.8 Å². The normalized spacial score (nSPS) is 41.7. The lowest BCUT2D eigenvalue weighted by Crippen LogP contribution is -2.44. The molecule has 0 N–H and O–H groups in total. The van der Waals surface area contributed by atoms with Crippen LogP contribution < -0.4 is 0 Å². The summed E-state index contributed by atoms with van der Waals surface area (Å²) in [5.41, 5.74) is 0.177. The molecule has 1 aliphatic heterocycles. The number of hydrogen-bond acceptors (Lipinski definition) is 3. The molecule has 0 radical (unpaired) electrons. The van der Waals surface area contributed by atoms with Gasteiger partial charge in [-0.05, 0) is 37.7 Å². The zero-order valence-corrected chi connectivity index (χ0v) is 12.9. The van der Waals surface area contributed by atoms with Crippen LogP contribution in [0.4, 0.5) is 0 Å². The second kappa shape index (κ2) is 4.62. The summed E-state index contributed by atoms with van der Waals surface area (Å²) in [7, 11) is 0. The number of hydrogen-bond donors (Lipinski definition) is 0. The minimum absolute atomic E-state index is 0.0253. The topological polar surface area (TPSA) is 38.8 Å². The lowest BCUT2D eigenvalue weighted by molar-refractivity contribution is -0.143. The van der Waals surface area contributed by atoms with Crippen molar-refractivity contribution in [2.75, 3.05) is 0 Å². The van der Waals surface area contributed by atoms with Gasteiger partial charge in [0, 0.05) is 12.8 Å². The van der Waals surface area contributed by atoms with Crippen LogP contribution in [-0.4, -0.2) is 23.8 Å². The van der Waals surface area contributed by atoms with Gasteiger partial charge in [0.2, 0.25) is 0 Å². The van der Waals surface area contributed by atoms with Crippen molar-refractivity contribution in [3.8, 4) is 0 Å². The van der Waals surface area contributed by atoms with Gasteiger partial charge >= 0.3 is 5.97 Å². The number of esters is 1. The molecule has 1 saturated heterocycles. The predicted molar refractivity (Wildman–Crippen MR) is 74.7 cm³/mol. The van der Waals surface area contributed by atoms with Crippen molar-refractivity contribution in [2.45, 2.75) is 65.8 Å². The molecule has 1 heterocycles. The predicted octanol–water partition coefficient (Wildman–Crippen LogP) is 3.33. The van der Waals surface area contributed by atoms with Crippen LogP contribution in [0.15, 0.2) is 12.2 Å². The Balaban J connectivity index is 2.12.